The molecule has 0 spiro atoms. The fourth-order valence-corrected chi connectivity index (χ4v) is 6.06. The molecule has 8 heteroatoms. The molecule has 0 aliphatic carbocycles. The first-order chi connectivity index (χ1) is 16.1. The van der Waals surface area contributed by atoms with Crippen molar-refractivity contribution in [2.45, 2.75) is 37.3 Å². The summed E-state index contributed by atoms with van der Waals surface area (Å²) in [4.78, 5) is 0.0703. The molecule has 1 aliphatic rings. The molecule has 34 heavy (non-hydrogen) atoms. The van der Waals surface area contributed by atoms with E-state index in [9.17, 15) is 17.9 Å². The first-order valence-electron chi connectivity index (χ1n) is 10.8. The maximum atomic E-state index is 14.2. The average Bonchev–Trinajstić information content (AvgIpc) is 2.79. The van der Waals surface area contributed by atoms with Crippen LogP contribution in [-0.4, -0.2) is 32.8 Å². The topological polar surface area (TPSA) is 66.8 Å². The van der Waals surface area contributed by atoms with Gasteiger partial charge in [0.25, 0.3) is 10.0 Å². The largest absolute Gasteiger partial charge is 0.496 e. The van der Waals surface area contributed by atoms with Crippen LogP contribution >= 0.6 is 11.6 Å². The first kappa shape index (κ1) is 24.3. The number of ether oxygens (including phenoxy) is 1. The van der Waals surface area contributed by atoms with Crippen molar-refractivity contribution in [1.29, 1.82) is 0 Å². The number of hydrogen-bond acceptors (Lipinski definition) is 4. The molecular weight excluding hydrogens is 477 g/mol. The van der Waals surface area contributed by atoms with Gasteiger partial charge in [-0.15, -0.1) is 0 Å². The van der Waals surface area contributed by atoms with E-state index < -0.39 is 28.0 Å². The molecule has 0 bridgehead atoms. The van der Waals surface area contributed by atoms with Crippen LogP contribution in [0.2, 0.25) is 5.02 Å². The number of halogens is 2. The Morgan fingerprint density at radius 2 is 1.91 bits per heavy atom. The Kier molecular flexibility index (Phi) is 6.71. The number of anilines is 1. The second-order valence-electron chi connectivity index (χ2n) is 8.30. The summed E-state index contributed by atoms with van der Waals surface area (Å²) in [6.45, 7) is 3.51. The van der Waals surface area contributed by atoms with Gasteiger partial charge in [-0.25, -0.2) is 12.8 Å². The SMILES string of the molecule is COc1cc(S(=O)(=O)N2c3cc(/C=C/c4c(F)cccc4Cl)ccc3C[C@H](O)[C@H]2C)ccc1C. The Bertz CT molecular complexity index is 1350. The summed E-state index contributed by atoms with van der Waals surface area (Å²) in [5.41, 5.74) is 2.91. The Morgan fingerprint density at radius 1 is 1.15 bits per heavy atom. The van der Waals surface area contributed by atoms with Gasteiger partial charge < -0.3 is 9.84 Å². The summed E-state index contributed by atoms with van der Waals surface area (Å²) in [6.07, 6.45) is 2.70. The number of aliphatic hydroxyl groups is 1. The molecule has 0 amide bonds. The predicted octanol–water partition coefficient (Wildman–Crippen LogP) is 5.47. The van der Waals surface area contributed by atoms with Crippen molar-refractivity contribution in [2.24, 2.45) is 0 Å². The van der Waals surface area contributed by atoms with Gasteiger partial charge in [0.05, 0.1) is 34.9 Å². The standard InChI is InChI=1S/C26H25ClFNO4S/c1-16-7-11-20(15-26(16)33-3)34(31,32)29-17(2)25(30)14-19-10-8-18(13-24(19)29)9-12-21-22(27)5-4-6-23(21)28/h4-13,15,17,25,30H,14H2,1-3H3/b12-9+/t17-,25+/m1/s1. The van der Waals surface area contributed by atoms with Gasteiger partial charge >= 0.3 is 0 Å². The van der Waals surface area contributed by atoms with Gasteiger partial charge in [-0.1, -0.05) is 41.9 Å². The minimum Gasteiger partial charge on any atom is -0.496 e. The predicted molar refractivity (Wildman–Crippen MR) is 133 cm³/mol. The summed E-state index contributed by atoms with van der Waals surface area (Å²) in [6, 6.07) is 13.8. The van der Waals surface area contributed by atoms with Crippen LogP contribution in [0.3, 0.4) is 0 Å². The van der Waals surface area contributed by atoms with E-state index in [4.69, 9.17) is 16.3 Å². The van der Waals surface area contributed by atoms with E-state index in [1.807, 2.05) is 6.92 Å². The monoisotopic (exact) mass is 501 g/mol. The number of aliphatic hydroxyl groups excluding tert-OH is 1. The van der Waals surface area contributed by atoms with E-state index in [1.165, 1.54) is 35.7 Å². The van der Waals surface area contributed by atoms with Crippen molar-refractivity contribution in [3.05, 3.63) is 87.7 Å². The number of rotatable bonds is 5. The zero-order valence-electron chi connectivity index (χ0n) is 19.0. The fraction of sp³-hybridized carbons (Fsp3) is 0.231. The second-order valence-corrected chi connectivity index (χ2v) is 10.5. The van der Waals surface area contributed by atoms with Crippen LogP contribution < -0.4 is 9.04 Å². The first-order valence-corrected chi connectivity index (χ1v) is 12.6. The van der Waals surface area contributed by atoms with Crippen LogP contribution in [0.5, 0.6) is 5.75 Å². The number of hydrogen-bond donors (Lipinski definition) is 1. The van der Waals surface area contributed by atoms with Crippen LogP contribution in [0.15, 0.2) is 59.5 Å². The Balaban J connectivity index is 1.80. The summed E-state index contributed by atoms with van der Waals surface area (Å²) < 4.78 is 48.2. The van der Waals surface area contributed by atoms with Crippen LogP contribution in [-0.2, 0) is 16.4 Å². The van der Waals surface area contributed by atoms with Gasteiger partial charge in [-0.05, 0) is 60.9 Å². The molecule has 3 aromatic carbocycles. The lowest BCUT2D eigenvalue weighted by molar-refractivity contribution is 0.147. The number of sulfonamides is 1. The lowest BCUT2D eigenvalue weighted by atomic mass is 9.95. The summed E-state index contributed by atoms with van der Waals surface area (Å²) >= 11 is 6.12. The molecule has 0 saturated carbocycles. The molecule has 0 radical (unpaired) electrons. The highest BCUT2D eigenvalue weighted by Gasteiger charge is 2.38. The van der Waals surface area contributed by atoms with Crippen LogP contribution in [0.4, 0.5) is 10.1 Å². The van der Waals surface area contributed by atoms with Crippen molar-refractivity contribution >= 4 is 39.5 Å². The summed E-state index contributed by atoms with van der Waals surface area (Å²) in [7, 11) is -2.53. The Labute approximate surface area is 204 Å². The molecule has 178 valence electrons. The van der Waals surface area contributed by atoms with E-state index >= 15 is 0 Å². The van der Waals surface area contributed by atoms with Crippen molar-refractivity contribution in [3.63, 3.8) is 0 Å². The van der Waals surface area contributed by atoms with E-state index in [2.05, 4.69) is 0 Å². The third kappa shape index (κ3) is 4.43. The van der Waals surface area contributed by atoms with Gasteiger partial charge in [-0.3, -0.25) is 4.31 Å². The minimum absolute atomic E-state index is 0.0703. The van der Waals surface area contributed by atoms with Crippen molar-refractivity contribution < 1.29 is 22.7 Å². The number of aryl methyl sites for hydroxylation is 1. The van der Waals surface area contributed by atoms with Gasteiger partial charge in [-0.2, -0.15) is 0 Å². The van der Waals surface area contributed by atoms with Crippen LogP contribution in [0.25, 0.3) is 12.2 Å². The quantitative estimate of drug-likeness (QED) is 0.471. The van der Waals surface area contributed by atoms with Gasteiger partial charge in [0.2, 0.25) is 0 Å². The zero-order chi connectivity index (χ0) is 24.6. The zero-order valence-corrected chi connectivity index (χ0v) is 20.6. The van der Waals surface area contributed by atoms with Crippen LogP contribution in [0.1, 0.15) is 29.2 Å². The van der Waals surface area contributed by atoms with Gasteiger partial charge in [0.1, 0.15) is 11.6 Å². The lowest BCUT2D eigenvalue weighted by Crippen LogP contribution is -2.49. The molecule has 2 atom stereocenters. The molecule has 1 N–H and O–H groups in total. The molecule has 1 aliphatic heterocycles. The second kappa shape index (κ2) is 9.41. The number of nitrogens with zero attached hydrogens (tertiary/aromatic N) is 1. The van der Waals surface area contributed by atoms with Crippen molar-refractivity contribution in [3.8, 4) is 5.75 Å². The van der Waals surface area contributed by atoms with Gasteiger partial charge in [0.15, 0.2) is 0 Å². The van der Waals surface area contributed by atoms with E-state index in [0.29, 0.717) is 29.0 Å². The van der Waals surface area contributed by atoms with E-state index in [-0.39, 0.29) is 15.5 Å². The highest BCUT2D eigenvalue weighted by atomic mass is 35.5. The smallest absolute Gasteiger partial charge is 0.264 e. The molecule has 0 saturated heterocycles. The van der Waals surface area contributed by atoms with E-state index in [1.54, 1.807) is 49.4 Å². The van der Waals surface area contributed by atoms with Crippen molar-refractivity contribution in [2.75, 3.05) is 11.4 Å². The lowest BCUT2D eigenvalue weighted by Gasteiger charge is -2.39. The van der Waals surface area contributed by atoms with Gasteiger partial charge in [0, 0.05) is 18.1 Å². The van der Waals surface area contributed by atoms with Crippen LogP contribution in [0, 0.1) is 12.7 Å². The maximum Gasteiger partial charge on any atom is 0.264 e. The summed E-state index contributed by atoms with van der Waals surface area (Å²) in [5, 5.41) is 10.9. The molecule has 1 heterocycles. The number of benzene rings is 3. The highest BCUT2D eigenvalue weighted by molar-refractivity contribution is 7.92. The molecule has 5 nitrogen and oxygen atoms in total. The van der Waals surface area contributed by atoms with E-state index in [0.717, 1.165) is 5.56 Å². The number of methoxy groups -OCH3 is 1. The number of fused-ring (bicyclic) bond motifs is 1. The molecule has 0 fully saturated rings. The molecule has 3 aromatic rings. The molecule has 0 aromatic heterocycles. The maximum absolute atomic E-state index is 14.2. The summed E-state index contributed by atoms with van der Waals surface area (Å²) in [5.74, 6) is 0.0148. The molecule has 0 unspecified atom stereocenters. The normalized spacial score (nSPS) is 18.2. The third-order valence-electron chi connectivity index (χ3n) is 6.08. The highest BCUT2D eigenvalue weighted by Crippen LogP contribution is 2.37. The van der Waals surface area contributed by atoms with Crippen molar-refractivity contribution in [1.82, 2.24) is 0 Å². The minimum atomic E-state index is -4.02. The Hall–Kier alpha value is -2.87. The average molecular weight is 502 g/mol. The fourth-order valence-electron chi connectivity index (χ4n) is 4.11. The third-order valence-corrected chi connectivity index (χ3v) is 8.31. The molecule has 4 rings (SSSR count). The molecular formula is C26H25ClFNO4S. The Morgan fingerprint density at radius 3 is 2.62 bits per heavy atom.